The smallest absolute Gasteiger partial charge is 0.419 e. The third-order valence-electron chi connectivity index (χ3n) is 3.78. The highest BCUT2D eigenvalue weighted by atomic mass is 19.4. The van der Waals surface area contributed by atoms with Crippen molar-refractivity contribution in [1.29, 1.82) is 0 Å². The number of benzene rings is 1. The van der Waals surface area contributed by atoms with Gasteiger partial charge in [0.2, 0.25) is 0 Å². The molecule has 0 unspecified atom stereocenters. The summed E-state index contributed by atoms with van der Waals surface area (Å²) in [6, 6.07) is 4.18. The lowest BCUT2D eigenvalue weighted by atomic mass is 9.87. The van der Waals surface area contributed by atoms with Crippen LogP contribution in [-0.2, 0) is 6.18 Å². The molecule has 0 bridgehead atoms. The van der Waals surface area contributed by atoms with Gasteiger partial charge in [0.05, 0.1) is 19.4 Å². The van der Waals surface area contributed by atoms with Crippen molar-refractivity contribution in [2.75, 3.05) is 26.9 Å². The second-order valence-corrected chi connectivity index (χ2v) is 4.96. The summed E-state index contributed by atoms with van der Waals surface area (Å²) in [5.74, 6) is -0.0301. The van der Waals surface area contributed by atoms with Gasteiger partial charge in [-0.25, -0.2) is 0 Å². The topological polar surface area (TPSA) is 32.7 Å². The zero-order valence-electron chi connectivity index (χ0n) is 11.3. The van der Waals surface area contributed by atoms with Gasteiger partial charge in [-0.1, -0.05) is 12.1 Å². The molecule has 3 nitrogen and oxygen atoms in total. The molecular formula is C14H18F3NO2. The molecule has 2 rings (SSSR count). The first-order valence-electron chi connectivity index (χ1n) is 6.54. The molecule has 1 aromatic carbocycles. The van der Waals surface area contributed by atoms with Crippen molar-refractivity contribution in [3.63, 3.8) is 0 Å². The standard InChI is InChI=1S/C14H18F3NO2/c1-20-13-11(3-2-4-12(13)14(15,16)17)10-5-7-18(9-19)8-6-10/h2-4,10,19H,5-9H2,1H3. The average molecular weight is 289 g/mol. The van der Waals surface area contributed by atoms with Crippen LogP contribution in [-0.4, -0.2) is 36.9 Å². The van der Waals surface area contributed by atoms with E-state index in [1.165, 1.54) is 13.2 Å². The molecule has 0 amide bonds. The number of piperidine rings is 1. The van der Waals surface area contributed by atoms with E-state index >= 15 is 0 Å². The Morgan fingerprint density at radius 2 is 1.95 bits per heavy atom. The van der Waals surface area contributed by atoms with E-state index in [4.69, 9.17) is 9.84 Å². The van der Waals surface area contributed by atoms with E-state index in [0.717, 1.165) is 18.9 Å². The number of hydrogen-bond acceptors (Lipinski definition) is 3. The number of nitrogens with zero attached hydrogens (tertiary/aromatic N) is 1. The van der Waals surface area contributed by atoms with E-state index in [9.17, 15) is 13.2 Å². The number of halogens is 3. The second-order valence-electron chi connectivity index (χ2n) is 4.96. The highest BCUT2D eigenvalue weighted by Crippen LogP contribution is 2.42. The van der Waals surface area contributed by atoms with Crippen molar-refractivity contribution in [2.24, 2.45) is 0 Å². The minimum Gasteiger partial charge on any atom is -0.496 e. The zero-order valence-corrected chi connectivity index (χ0v) is 11.3. The molecule has 0 radical (unpaired) electrons. The fourth-order valence-corrected chi connectivity index (χ4v) is 2.71. The molecule has 1 aliphatic heterocycles. The third kappa shape index (κ3) is 3.07. The molecule has 20 heavy (non-hydrogen) atoms. The minimum absolute atomic E-state index is 0.00749. The predicted octanol–water partition coefficient (Wildman–Crippen LogP) is 2.84. The van der Waals surface area contributed by atoms with Crippen molar-refractivity contribution in [1.82, 2.24) is 4.90 Å². The molecule has 1 fully saturated rings. The predicted molar refractivity (Wildman–Crippen MR) is 68.6 cm³/mol. The van der Waals surface area contributed by atoms with Gasteiger partial charge in [0.1, 0.15) is 5.75 Å². The van der Waals surface area contributed by atoms with Crippen LogP contribution < -0.4 is 4.74 Å². The summed E-state index contributed by atoms with van der Waals surface area (Å²) < 4.78 is 44.0. The van der Waals surface area contributed by atoms with Gasteiger partial charge in [-0.05, 0) is 30.4 Å². The first-order valence-corrected chi connectivity index (χ1v) is 6.54. The normalized spacial score (nSPS) is 18.2. The number of hydrogen-bond donors (Lipinski definition) is 1. The van der Waals surface area contributed by atoms with Gasteiger partial charge in [0.25, 0.3) is 0 Å². The SMILES string of the molecule is COc1c(C2CCN(CO)CC2)cccc1C(F)(F)F. The van der Waals surface area contributed by atoms with Crippen LogP contribution in [0.2, 0.25) is 0 Å². The van der Waals surface area contributed by atoms with Crippen LogP contribution in [0.3, 0.4) is 0 Å². The maximum atomic E-state index is 13.0. The molecule has 0 atom stereocenters. The summed E-state index contributed by atoms with van der Waals surface area (Å²) in [4.78, 5) is 1.87. The molecule has 1 aliphatic rings. The van der Waals surface area contributed by atoms with Gasteiger partial charge in [0.15, 0.2) is 0 Å². The maximum absolute atomic E-state index is 13.0. The Kier molecular flexibility index (Phi) is 4.55. The van der Waals surface area contributed by atoms with E-state index in [0.29, 0.717) is 18.7 Å². The maximum Gasteiger partial charge on any atom is 0.419 e. The summed E-state index contributed by atoms with van der Waals surface area (Å²) in [5, 5.41) is 9.05. The largest absolute Gasteiger partial charge is 0.496 e. The number of aliphatic hydroxyl groups excluding tert-OH is 1. The lowest BCUT2D eigenvalue weighted by molar-refractivity contribution is -0.138. The van der Waals surface area contributed by atoms with Crippen LogP contribution in [0.4, 0.5) is 13.2 Å². The Morgan fingerprint density at radius 3 is 2.45 bits per heavy atom. The first kappa shape index (κ1) is 15.1. The fraction of sp³-hybridized carbons (Fsp3) is 0.571. The number of para-hydroxylation sites is 1. The summed E-state index contributed by atoms with van der Waals surface area (Å²) in [5.41, 5.74) is -0.109. The molecule has 1 heterocycles. The van der Waals surface area contributed by atoms with Crippen molar-refractivity contribution in [3.8, 4) is 5.75 Å². The van der Waals surface area contributed by atoms with Gasteiger partial charge >= 0.3 is 6.18 Å². The summed E-state index contributed by atoms with van der Waals surface area (Å²) in [6.07, 6.45) is -2.97. The molecule has 0 spiro atoms. The van der Waals surface area contributed by atoms with Gasteiger partial charge in [-0.2, -0.15) is 13.2 Å². The zero-order chi connectivity index (χ0) is 14.8. The number of rotatable bonds is 3. The highest BCUT2D eigenvalue weighted by molar-refractivity contribution is 5.45. The van der Waals surface area contributed by atoms with E-state index in [-0.39, 0.29) is 18.4 Å². The molecule has 1 N–H and O–H groups in total. The molecule has 1 saturated heterocycles. The number of ether oxygens (including phenoxy) is 1. The Bertz CT molecular complexity index is 454. The number of methoxy groups -OCH3 is 1. The van der Waals surface area contributed by atoms with Gasteiger partial charge in [0, 0.05) is 13.1 Å². The molecule has 0 saturated carbocycles. The molecule has 0 aromatic heterocycles. The quantitative estimate of drug-likeness (QED) is 0.928. The highest BCUT2D eigenvalue weighted by Gasteiger charge is 2.36. The van der Waals surface area contributed by atoms with Crippen LogP contribution in [0, 0.1) is 0 Å². The van der Waals surface area contributed by atoms with Crippen molar-refractivity contribution < 1.29 is 23.0 Å². The molecule has 0 aliphatic carbocycles. The summed E-state index contributed by atoms with van der Waals surface area (Å²) in [6.45, 7) is 1.35. The minimum atomic E-state index is -4.41. The molecule has 112 valence electrons. The van der Waals surface area contributed by atoms with Crippen LogP contribution in [0.25, 0.3) is 0 Å². The van der Waals surface area contributed by atoms with Gasteiger partial charge < -0.3 is 9.84 Å². The van der Waals surface area contributed by atoms with Crippen molar-refractivity contribution in [3.05, 3.63) is 29.3 Å². The van der Waals surface area contributed by atoms with E-state index < -0.39 is 11.7 Å². The Morgan fingerprint density at radius 1 is 1.30 bits per heavy atom. The lowest BCUT2D eigenvalue weighted by Gasteiger charge is -2.31. The van der Waals surface area contributed by atoms with E-state index in [1.807, 2.05) is 4.90 Å². The first-order chi connectivity index (χ1) is 9.47. The van der Waals surface area contributed by atoms with E-state index in [2.05, 4.69) is 0 Å². The fourth-order valence-electron chi connectivity index (χ4n) is 2.71. The molecular weight excluding hydrogens is 271 g/mol. The monoisotopic (exact) mass is 289 g/mol. The van der Waals surface area contributed by atoms with Crippen LogP contribution >= 0.6 is 0 Å². The van der Waals surface area contributed by atoms with Crippen LogP contribution in [0.1, 0.15) is 29.9 Å². The number of likely N-dealkylation sites (tertiary alicyclic amines) is 1. The van der Waals surface area contributed by atoms with Gasteiger partial charge in [-0.3, -0.25) is 4.90 Å². The van der Waals surface area contributed by atoms with Crippen molar-refractivity contribution >= 4 is 0 Å². The Labute approximate surface area is 116 Å². The summed E-state index contributed by atoms with van der Waals surface area (Å²) in [7, 11) is 1.27. The Hall–Kier alpha value is -1.27. The number of aliphatic hydroxyl groups is 1. The Balaban J connectivity index is 2.28. The van der Waals surface area contributed by atoms with Gasteiger partial charge in [-0.15, -0.1) is 0 Å². The van der Waals surface area contributed by atoms with E-state index in [1.54, 1.807) is 6.07 Å². The van der Waals surface area contributed by atoms with Crippen LogP contribution in [0.5, 0.6) is 5.75 Å². The summed E-state index contributed by atoms with van der Waals surface area (Å²) >= 11 is 0. The second kappa shape index (κ2) is 6.01. The van der Waals surface area contributed by atoms with Crippen molar-refractivity contribution in [2.45, 2.75) is 24.9 Å². The average Bonchev–Trinajstić information content (AvgIpc) is 2.45. The lowest BCUT2D eigenvalue weighted by Crippen LogP contribution is -2.33. The number of alkyl halides is 3. The van der Waals surface area contributed by atoms with Crippen LogP contribution in [0.15, 0.2) is 18.2 Å². The molecule has 6 heteroatoms. The molecule has 1 aromatic rings. The third-order valence-corrected chi connectivity index (χ3v) is 3.78.